The summed E-state index contributed by atoms with van der Waals surface area (Å²) in [6.07, 6.45) is 0.471. The van der Waals surface area contributed by atoms with Crippen LogP contribution >= 0.6 is 11.6 Å². The summed E-state index contributed by atoms with van der Waals surface area (Å²) in [6, 6.07) is 5.27. The number of carbonyl (C=O) groups excluding carboxylic acids is 1. The van der Waals surface area contributed by atoms with Crippen LogP contribution in [0.25, 0.3) is 0 Å². The third-order valence-corrected chi connectivity index (χ3v) is 2.83. The first kappa shape index (κ1) is 14.0. The van der Waals surface area contributed by atoms with Crippen molar-refractivity contribution in [2.45, 2.75) is 26.3 Å². The van der Waals surface area contributed by atoms with Crippen molar-refractivity contribution in [3.63, 3.8) is 0 Å². The van der Waals surface area contributed by atoms with E-state index in [9.17, 15) is 4.79 Å². The van der Waals surface area contributed by atoms with Gasteiger partial charge in [-0.1, -0.05) is 18.5 Å². The standard InChI is InChI=1S/C13H18ClNO2/c1-4-15-9(2)7-12(16)10-5-6-11(14)13(8-10)17-3/h5-6,8-9,15H,4,7H2,1-3H3. The fraction of sp³-hybridized carbons (Fsp3) is 0.462. The molecule has 0 heterocycles. The van der Waals surface area contributed by atoms with Gasteiger partial charge in [0.05, 0.1) is 12.1 Å². The molecule has 0 fully saturated rings. The van der Waals surface area contributed by atoms with Crippen molar-refractivity contribution in [1.29, 1.82) is 0 Å². The molecule has 1 aromatic carbocycles. The number of benzene rings is 1. The van der Waals surface area contributed by atoms with Gasteiger partial charge in [-0.3, -0.25) is 4.79 Å². The van der Waals surface area contributed by atoms with E-state index in [1.165, 1.54) is 7.11 Å². The highest BCUT2D eigenvalue weighted by Crippen LogP contribution is 2.25. The molecule has 4 heteroatoms. The molecule has 1 aromatic rings. The van der Waals surface area contributed by atoms with Gasteiger partial charge >= 0.3 is 0 Å². The summed E-state index contributed by atoms with van der Waals surface area (Å²) >= 11 is 5.91. The number of ether oxygens (including phenoxy) is 1. The smallest absolute Gasteiger partial charge is 0.164 e. The van der Waals surface area contributed by atoms with Crippen molar-refractivity contribution in [2.75, 3.05) is 13.7 Å². The Bertz CT molecular complexity index is 393. The minimum absolute atomic E-state index is 0.0911. The molecule has 1 rings (SSSR count). The maximum absolute atomic E-state index is 12.0. The van der Waals surface area contributed by atoms with Crippen LogP contribution in [0.3, 0.4) is 0 Å². The Balaban J connectivity index is 2.75. The van der Waals surface area contributed by atoms with Gasteiger partial charge in [0.1, 0.15) is 5.75 Å². The first-order valence-corrected chi connectivity index (χ1v) is 6.06. The average molecular weight is 256 g/mol. The van der Waals surface area contributed by atoms with Crippen molar-refractivity contribution in [3.8, 4) is 5.75 Å². The molecule has 0 aliphatic rings. The second-order valence-electron chi connectivity index (χ2n) is 3.94. The molecule has 1 N–H and O–H groups in total. The van der Waals surface area contributed by atoms with E-state index in [0.717, 1.165) is 6.54 Å². The van der Waals surface area contributed by atoms with Crippen LogP contribution in [-0.2, 0) is 0 Å². The Labute approximate surface area is 107 Å². The third kappa shape index (κ3) is 4.02. The number of hydrogen-bond acceptors (Lipinski definition) is 3. The predicted octanol–water partition coefficient (Wildman–Crippen LogP) is 2.92. The number of Topliss-reactive ketones (excluding diaryl/α,β-unsaturated/α-hetero) is 1. The maximum Gasteiger partial charge on any atom is 0.164 e. The lowest BCUT2D eigenvalue weighted by Gasteiger charge is -2.11. The maximum atomic E-state index is 12.0. The van der Waals surface area contributed by atoms with Crippen molar-refractivity contribution in [3.05, 3.63) is 28.8 Å². The first-order valence-electron chi connectivity index (χ1n) is 5.68. The molecule has 0 saturated carbocycles. The van der Waals surface area contributed by atoms with E-state index in [0.29, 0.717) is 22.8 Å². The monoisotopic (exact) mass is 255 g/mol. The van der Waals surface area contributed by atoms with Gasteiger partial charge in [0.2, 0.25) is 0 Å². The zero-order valence-electron chi connectivity index (χ0n) is 10.4. The molecule has 0 radical (unpaired) electrons. The second kappa shape index (κ2) is 6.62. The van der Waals surface area contributed by atoms with Crippen LogP contribution in [0, 0.1) is 0 Å². The third-order valence-electron chi connectivity index (χ3n) is 2.52. The van der Waals surface area contributed by atoms with E-state index < -0.39 is 0 Å². The zero-order chi connectivity index (χ0) is 12.8. The summed E-state index contributed by atoms with van der Waals surface area (Å²) in [7, 11) is 1.54. The molecular weight excluding hydrogens is 238 g/mol. The van der Waals surface area contributed by atoms with Crippen molar-refractivity contribution < 1.29 is 9.53 Å². The van der Waals surface area contributed by atoms with Gasteiger partial charge in [0.25, 0.3) is 0 Å². The lowest BCUT2D eigenvalue weighted by atomic mass is 10.0. The molecule has 0 aromatic heterocycles. The topological polar surface area (TPSA) is 38.3 Å². The van der Waals surface area contributed by atoms with Crippen LogP contribution in [0.5, 0.6) is 5.75 Å². The number of hydrogen-bond donors (Lipinski definition) is 1. The quantitative estimate of drug-likeness (QED) is 0.795. The SMILES string of the molecule is CCNC(C)CC(=O)c1ccc(Cl)c(OC)c1. The molecule has 0 bridgehead atoms. The van der Waals surface area contributed by atoms with E-state index in [1.807, 2.05) is 13.8 Å². The van der Waals surface area contributed by atoms with Crippen LogP contribution in [0.1, 0.15) is 30.6 Å². The molecular formula is C13H18ClNO2. The molecule has 0 aliphatic carbocycles. The fourth-order valence-corrected chi connectivity index (χ4v) is 1.84. The van der Waals surface area contributed by atoms with Gasteiger partial charge in [-0.15, -0.1) is 0 Å². The number of methoxy groups -OCH3 is 1. The molecule has 1 atom stereocenters. The number of ketones is 1. The number of nitrogens with one attached hydrogen (secondary N) is 1. The molecule has 94 valence electrons. The minimum atomic E-state index is 0.0911. The fourth-order valence-electron chi connectivity index (χ4n) is 1.65. The lowest BCUT2D eigenvalue weighted by molar-refractivity contribution is 0.0971. The summed E-state index contributed by atoms with van der Waals surface area (Å²) < 4.78 is 5.09. The van der Waals surface area contributed by atoms with Crippen LogP contribution in [0.4, 0.5) is 0 Å². The van der Waals surface area contributed by atoms with Gasteiger partial charge in [0, 0.05) is 18.0 Å². The van der Waals surface area contributed by atoms with Gasteiger partial charge in [-0.05, 0) is 31.7 Å². The summed E-state index contributed by atoms with van der Waals surface area (Å²) in [5.74, 6) is 0.627. The van der Waals surface area contributed by atoms with Gasteiger partial charge in [-0.25, -0.2) is 0 Å². The Morgan fingerprint density at radius 2 is 2.24 bits per heavy atom. The van der Waals surface area contributed by atoms with E-state index >= 15 is 0 Å². The molecule has 0 aliphatic heterocycles. The van der Waals surface area contributed by atoms with Gasteiger partial charge in [-0.2, -0.15) is 0 Å². The molecule has 0 saturated heterocycles. The molecule has 1 unspecified atom stereocenters. The molecule has 0 spiro atoms. The van der Waals surface area contributed by atoms with Gasteiger partial charge in [0.15, 0.2) is 5.78 Å². The van der Waals surface area contributed by atoms with Gasteiger partial charge < -0.3 is 10.1 Å². The van der Waals surface area contributed by atoms with E-state index in [2.05, 4.69) is 5.32 Å². The van der Waals surface area contributed by atoms with Crippen molar-refractivity contribution in [2.24, 2.45) is 0 Å². The van der Waals surface area contributed by atoms with Crippen LogP contribution < -0.4 is 10.1 Å². The Hall–Kier alpha value is -1.06. The Morgan fingerprint density at radius 3 is 2.82 bits per heavy atom. The summed E-state index contributed by atoms with van der Waals surface area (Å²) in [4.78, 5) is 12.0. The van der Waals surface area contributed by atoms with Crippen molar-refractivity contribution >= 4 is 17.4 Å². The average Bonchev–Trinajstić information content (AvgIpc) is 2.29. The van der Waals surface area contributed by atoms with E-state index in [1.54, 1.807) is 18.2 Å². The molecule has 3 nitrogen and oxygen atoms in total. The number of carbonyl (C=O) groups is 1. The van der Waals surface area contributed by atoms with Crippen molar-refractivity contribution in [1.82, 2.24) is 5.32 Å². The summed E-state index contributed by atoms with van der Waals surface area (Å²) in [6.45, 7) is 4.87. The van der Waals surface area contributed by atoms with E-state index in [-0.39, 0.29) is 11.8 Å². The highest BCUT2D eigenvalue weighted by molar-refractivity contribution is 6.32. The Morgan fingerprint density at radius 1 is 1.53 bits per heavy atom. The Kier molecular flexibility index (Phi) is 5.45. The summed E-state index contributed by atoms with van der Waals surface area (Å²) in [5, 5.41) is 3.73. The lowest BCUT2D eigenvalue weighted by Crippen LogP contribution is -2.28. The van der Waals surface area contributed by atoms with Crippen LogP contribution in [-0.4, -0.2) is 25.5 Å². The second-order valence-corrected chi connectivity index (χ2v) is 4.34. The first-order chi connectivity index (χ1) is 8.08. The normalized spacial score (nSPS) is 12.2. The highest BCUT2D eigenvalue weighted by atomic mass is 35.5. The summed E-state index contributed by atoms with van der Waals surface area (Å²) in [5.41, 5.74) is 0.635. The minimum Gasteiger partial charge on any atom is -0.495 e. The predicted molar refractivity (Wildman–Crippen MR) is 70.1 cm³/mol. The molecule has 0 amide bonds. The zero-order valence-corrected chi connectivity index (χ0v) is 11.2. The highest BCUT2D eigenvalue weighted by Gasteiger charge is 2.12. The van der Waals surface area contributed by atoms with Crippen LogP contribution in [0.15, 0.2) is 18.2 Å². The largest absolute Gasteiger partial charge is 0.495 e. The number of halogens is 1. The van der Waals surface area contributed by atoms with Crippen LogP contribution in [0.2, 0.25) is 5.02 Å². The number of rotatable bonds is 6. The van der Waals surface area contributed by atoms with E-state index in [4.69, 9.17) is 16.3 Å². The molecule has 17 heavy (non-hydrogen) atoms.